The second-order valence-corrected chi connectivity index (χ2v) is 3.87. The fraction of sp³-hybridized carbons (Fsp3) is 0.385. The molecule has 0 aliphatic heterocycles. The van der Waals surface area contributed by atoms with Gasteiger partial charge in [-0.05, 0) is 12.5 Å². The van der Waals surface area contributed by atoms with Crippen LogP contribution < -0.4 is 15.8 Å². The van der Waals surface area contributed by atoms with Gasteiger partial charge in [-0.3, -0.25) is 9.59 Å². The summed E-state index contributed by atoms with van der Waals surface area (Å²) in [5.74, 6) is -0.0998. The van der Waals surface area contributed by atoms with Gasteiger partial charge in [0.15, 0.2) is 6.10 Å². The van der Waals surface area contributed by atoms with E-state index < -0.39 is 12.0 Å². The third kappa shape index (κ3) is 3.76. The zero-order valence-corrected chi connectivity index (χ0v) is 10.6. The van der Waals surface area contributed by atoms with Crippen molar-refractivity contribution in [2.24, 2.45) is 5.73 Å². The highest BCUT2D eigenvalue weighted by Crippen LogP contribution is 2.20. The molecule has 98 valence electrons. The summed E-state index contributed by atoms with van der Waals surface area (Å²) in [6.45, 7) is 1.82. The standard InChI is InChI=1S/C13H18N2O3/c1-3-10(13(14)17)18-11-7-5-4-6-9(11)8-12(16)15-2/h4-7,10H,3,8H2,1-2H3,(H2,14,17)(H,15,16). The van der Waals surface area contributed by atoms with E-state index in [0.717, 1.165) is 5.56 Å². The summed E-state index contributed by atoms with van der Waals surface area (Å²) in [4.78, 5) is 22.5. The van der Waals surface area contributed by atoms with Gasteiger partial charge < -0.3 is 15.8 Å². The Hall–Kier alpha value is -2.04. The number of likely N-dealkylation sites (N-methyl/N-ethyl adjacent to an activating group) is 1. The summed E-state index contributed by atoms with van der Waals surface area (Å²) in [5.41, 5.74) is 5.96. The normalized spacial score (nSPS) is 11.7. The first-order valence-electron chi connectivity index (χ1n) is 5.83. The number of carbonyl (C=O) groups excluding carboxylic acids is 2. The van der Waals surface area contributed by atoms with Crippen molar-refractivity contribution in [1.82, 2.24) is 5.32 Å². The fourth-order valence-electron chi connectivity index (χ4n) is 1.52. The molecule has 1 atom stereocenters. The van der Waals surface area contributed by atoms with Gasteiger partial charge in [0.1, 0.15) is 5.75 Å². The molecule has 0 bridgehead atoms. The summed E-state index contributed by atoms with van der Waals surface area (Å²) in [6, 6.07) is 7.12. The van der Waals surface area contributed by atoms with Crippen LogP contribution in [0.2, 0.25) is 0 Å². The number of rotatable bonds is 6. The molecule has 18 heavy (non-hydrogen) atoms. The predicted octanol–water partition coefficient (Wildman–Crippen LogP) is 0.618. The topological polar surface area (TPSA) is 81.4 Å². The van der Waals surface area contributed by atoms with E-state index in [1.54, 1.807) is 25.2 Å². The highest BCUT2D eigenvalue weighted by Gasteiger charge is 2.16. The zero-order valence-electron chi connectivity index (χ0n) is 10.6. The van der Waals surface area contributed by atoms with Crippen LogP contribution in [-0.2, 0) is 16.0 Å². The van der Waals surface area contributed by atoms with Crippen LogP contribution in [0.5, 0.6) is 5.75 Å². The molecule has 5 nitrogen and oxygen atoms in total. The van der Waals surface area contributed by atoms with Crippen molar-refractivity contribution in [3.63, 3.8) is 0 Å². The van der Waals surface area contributed by atoms with Gasteiger partial charge in [-0.2, -0.15) is 0 Å². The minimum absolute atomic E-state index is 0.113. The molecule has 0 spiro atoms. The third-order valence-electron chi connectivity index (χ3n) is 2.56. The van der Waals surface area contributed by atoms with Gasteiger partial charge in [-0.15, -0.1) is 0 Å². The summed E-state index contributed by atoms with van der Waals surface area (Å²) in [5, 5.41) is 2.54. The first kappa shape index (κ1) is 14.0. The Morgan fingerprint density at radius 1 is 1.39 bits per heavy atom. The number of carbonyl (C=O) groups is 2. The second kappa shape index (κ2) is 6.64. The average Bonchev–Trinajstić information content (AvgIpc) is 2.37. The lowest BCUT2D eigenvalue weighted by atomic mass is 10.1. The van der Waals surface area contributed by atoms with Crippen molar-refractivity contribution in [1.29, 1.82) is 0 Å². The first-order chi connectivity index (χ1) is 8.58. The molecule has 1 unspecified atom stereocenters. The van der Waals surface area contributed by atoms with Gasteiger partial charge in [0, 0.05) is 12.6 Å². The van der Waals surface area contributed by atoms with Gasteiger partial charge in [-0.25, -0.2) is 0 Å². The van der Waals surface area contributed by atoms with E-state index in [1.807, 2.05) is 13.0 Å². The molecule has 2 amide bonds. The maximum atomic E-state index is 11.4. The molecule has 0 aliphatic rings. The number of benzene rings is 1. The molecule has 1 aromatic carbocycles. The number of amides is 2. The van der Waals surface area contributed by atoms with E-state index in [-0.39, 0.29) is 12.3 Å². The number of nitrogens with one attached hydrogen (secondary N) is 1. The number of ether oxygens (including phenoxy) is 1. The number of hydrogen-bond acceptors (Lipinski definition) is 3. The molecular weight excluding hydrogens is 232 g/mol. The Morgan fingerprint density at radius 2 is 2.06 bits per heavy atom. The molecule has 0 saturated carbocycles. The summed E-state index contributed by atoms with van der Waals surface area (Å²) in [6.07, 6.45) is 0.0294. The third-order valence-corrected chi connectivity index (χ3v) is 2.56. The van der Waals surface area contributed by atoms with Gasteiger partial charge in [0.05, 0.1) is 6.42 Å². The minimum Gasteiger partial charge on any atom is -0.480 e. The van der Waals surface area contributed by atoms with Gasteiger partial charge >= 0.3 is 0 Å². The lowest BCUT2D eigenvalue weighted by molar-refractivity contribution is -0.124. The van der Waals surface area contributed by atoms with Crippen LogP contribution >= 0.6 is 0 Å². The van der Waals surface area contributed by atoms with Crippen molar-refractivity contribution in [2.75, 3.05) is 7.05 Å². The van der Waals surface area contributed by atoms with Crippen LogP contribution in [0.3, 0.4) is 0 Å². The zero-order chi connectivity index (χ0) is 13.5. The quantitative estimate of drug-likeness (QED) is 0.776. The molecule has 1 rings (SSSR count). The molecule has 0 fully saturated rings. The summed E-state index contributed by atoms with van der Waals surface area (Å²) < 4.78 is 5.55. The Balaban J connectivity index is 2.87. The molecule has 3 N–H and O–H groups in total. The van der Waals surface area contributed by atoms with E-state index in [0.29, 0.717) is 12.2 Å². The second-order valence-electron chi connectivity index (χ2n) is 3.87. The van der Waals surface area contributed by atoms with Crippen LogP contribution in [0.1, 0.15) is 18.9 Å². The van der Waals surface area contributed by atoms with Crippen molar-refractivity contribution in [2.45, 2.75) is 25.9 Å². The van der Waals surface area contributed by atoms with Crippen LogP contribution in [0.25, 0.3) is 0 Å². The number of para-hydroxylation sites is 1. The van der Waals surface area contributed by atoms with Crippen molar-refractivity contribution >= 4 is 11.8 Å². The smallest absolute Gasteiger partial charge is 0.258 e. The predicted molar refractivity (Wildman–Crippen MR) is 68.1 cm³/mol. The Morgan fingerprint density at radius 3 is 2.61 bits per heavy atom. The summed E-state index contributed by atoms with van der Waals surface area (Å²) in [7, 11) is 1.57. The van der Waals surface area contributed by atoms with Crippen molar-refractivity contribution in [3.05, 3.63) is 29.8 Å². The maximum Gasteiger partial charge on any atom is 0.258 e. The monoisotopic (exact) mass is 250 g/mol. The number of primary amides is 1. The SMILES string of the molecule is CCC(Oc1ccccc1CC(=O)NC)C(N)=O. The Labute approximate surface area is 106 Å². The largest absolute Gasteiger partial charge is 0.480 e. The van der Waals surface area contributed by atoms with Crippen LogP contribution in [0.4, 0.5) is 0 Å². The van der Waals surface area contributed by atoms with E-state index in [4.69, 9.17) is 10.5 Å². The number of hydrogen-bond donors (Lipinski definition) is 2. The molecular formula is C13H18N2O3. The van der Waals surface area contributed by atoms with Crippen molar-refractivity contribution in [3.8, 4) is 5.75 Å². The van der Waals surface area contributed by atoms with E-state index in [9.17, 15) is 9.59 Å². The molecule has 5 heteroatoms. The number of nitrogens with two attached hydrogens (primary N) is 1. The highest BCUT2D eigenvalue weighted by atomic mass is 16.5. The Kier molecular flexibility index (Phi) is 5.17. The van der Waals surface area contributed by atoms with Gasteiger partial charge in [-0.1, -0.05) is 25.1 Å². The molecule has 0 radical (unpaired) electrons. The summed E-state index contributed by atoms with van der Waals surface area (Å²) >= 11 is 0. The van der Waals surface area contributed by atoms with Gasteiger partial charge in [0.2, 0.25) is 5.91 Å². The lowest BCUT2D eigenvalue weighted by Gasteiger charge is -2.16. The highest BCUT2D eigenvalue weighted by molar-refractivity contribution is 5.80. The molecule has 0 heterocycles. The minimum atomic E-state index is -0.671. The van der Waals surface area contributed by atoms with E-state index in [2.05, 4.69) is 5.32 Å². The maximum absolute atomic E-state index is 11.4. The molecule has 0 aromatic heterocycles. The van der Waals surface area contributed by atoms with E-state index in [1.165, 1.54) is 0 Å². The average molecular weight is 250 g/mol. The fourth-order valence-corrected chi connectivity index (χ4v) is 1.52. The first-order valence-corrected chi connectivity index (χ1v) is 5.83. The molecule has 0 saturated heterocycles. The lowest BCUT2D eigenvalue weighted by Crippen LogP contribution is -2.33. The van der Waals surface area contributed by atoms with Crippen LogP contribution in [0, 0.1) is 0 Å². The van der Waals surface area contributed by atoms with E-state index >= 15 is 0 Å². The van der Waals surface area contributed by atoms with Crippen LogP contribution in [0.15, 0.2) is 24.3 Å². The van der Waals surface area contributed by atoms with Crippen molar-refractivity contribution < 1.29 is 14.3 Å². The Bertz CT molecular complexity index is 432. The van der Waals surface area contributed by atoms with Crippen LogP contribution in [-0.4, -0.2) is 25.0 Å². The van der Waals surface area contributed by atoms with Gasteiger partial charge in [0.25, 0.3) is 5.91 Å². The molecule has 0 aliphatic carbocycles. The molecule has 1 aromatic rings.